The molecule has 2 unspecified atom stereocenters. The highest BCUT2D eigenvalue weighted by Crippen LogP contribution is 2.16. The fourth-order valence-corrected chi connectivity index (χ4v) is 2.57. The molecule has 1 saturated heterocycles. The lowest BCUT2D eigenvalue weighted by molar-refractivity contribution is 0.371. The van der Waals surface area contributed by atoms with Gasteiger partial charge in [0.2, 0.25) is 0 Å². The molecular weight excluding hydrogens is 222 g/mol. The van der Waals surface area contributed by atoms with Gasteiger partial charge in [0.15, 0.2) is 0 Å². The first-order valence-corrected chi connectivity index (χ1v) is 6.78. The maximum Gasteiger partial charge on any atom is 0.0992 e. The summed E-state index contributed by atoms with van der Waals surface area (Å²) in [6.45, 7) is 3.36. The van der Waals surface area contributed by atoms with Gasteiger partial charge in [0.05, 0.1) is 11.6 Å². The number of hydrogen-bond acceptors (Lipinski definition) is 3. The highest BCUT2D eigenvalue weighted by atomic mass is 15.0. The van der Waals surface area contributed by atoms with Crippen molar-refractivity contribution < 1.29 is 0 Å². The third-order valence-corrected chi connectivity index (χ3v) is 3.46. The molecule has 0 aliphatic carbocycles. The largest absolute Gasteiger partial charge is 0.382 e. The Morgan fingerprint density at radius 3 is 3.11 bits per heavy atom. The molecule has 2 atom stereocenters. The Morgan fingerprint density at radius 2 is 2.39 bits per heavy atom. The molecule has 2 N–H and O–H groups in total. The van der Waals surface area contributed by atoms with Crippen molar-refractivity contribution in [1.82, 2.24) is 5.32 Å². The number of benzene rings is 1. The fraction of sp³-hybridized carbons (Fsp3) is 0.533. The molecule has 2 rings (SSSR count). The molecule has 0 bridgehead atoms. The molecule has 1 aromatic carbocycles. The van der Waals surface area contributed by atoms with Crippen molar-refractivity contribution >= 4 is 5.69 Å². The van der Waals surface area contributed by atoms with Gasteiger partial charge in [0, 0.05) is 17.8 Å². The van der Waals surface area contributed by atoms with Crippen molar-refractivity contribution in [2.75, 3.05) is 11.9 Å². The number of nitrogens with zero attached hydrogens (tertiary/aromatic N) is 1. The lowest BCUT2D eigenvalue weighted by Gasteiger charge is -2.27. The molecule has 1 heterocycles. The Kier molecular flexibility index (Phi) is 4.60. The summed E-state index contributed by atoms with van der Waals surface area (Å²) < 4.78 is 0. The van der Waals surface area contributed by atoms with Crippen molar-refractivity contribution in [2.45, 2.75) is 44.7 Å². The van der Waals surface area contributed by atoms with Crippen LogP contribution in [0.5, 0.6) is 0 Å². The molecule has 1 aliphatic rings. The molecule has 18 heavy (non-hydrogen) atoms. The van der Waals surface area contributed by atoms with E-state index >= 15 is 0 Å². The second-order valence-corrected chi connectivity index (χ2v) is 5.12. The van der Waals surface area contributed by atoms with E-state index in [0.717, 1.165) is 18.7 Å². The van der Waals surface area contributed by atoms with E-state index in [0.29, 0.717) is 17.6 Å². The minimum absolute atomic E-state index is 0.426. The van der Waals surface area contributed by atoms with Crippen LogP contribution in [0.1, 0.15) is 38.2 Å². The van der Waals surface area contributed by atoms with Crippen molar-refractivity contribution in [3.63, 3.8) is 0 Å². The van der Waals surface area contributed by atoms with Crippen molar-refractivity contribution in [1.29, 1.82) is 5.26 Å². The van der Waals surface area contributed by atoms with Crippen LogP contribution in [0.15, 0.2) is 24.3 Å². The van der Waals surface area contributed by atoms with Crippen LogP contribution in [0.2, 0.25) is 0 Å². The van der Waals surface area contributed by atoms with Crippen LogP contribution in [0.4, 0.5) is 5.69 Å². The van der Waals surface area contributed by atoms with Crippen LogP contribution in [-0.4, -0.2) is 18.6 Å². The van der Waals surface area contributed by atoms with Gasteiger partial charge in [-0.2, -0.15) is 5.26 Å². The lowest BCUT2D eigenvalue weighted by atomic mass is 9.98. The van der Waals surface area contributed by atoms with Crippen molar-refractivity contribution in [3.05, 3.63) is 29.8 Å². The average Bonchev–Trinajstić information content (AvgIpc) is 2.40. The summed E-state index contributed by atoms with van der Waals surface area (Å²) in [6.07, 6.45) is 5.07. The van der Waals surface area contributed by atoms with E-state index in [4.69, 9.17) is 5.26 Å². The summed E-state index contributed by atoms with van der Waals surface area (Å²) in [4.78, 5) is 0. The highest BCUT2D eigenvalue weighted by molar-refractivity contribution is 5.49. The van der Waals surface area contributed by atoms with Crippen LogP contribution < -0.4 is 10.6 Å². The predicted molar refractivity (Wildman–Crippen MR) is 74.5 cm³/mol. The van der Waals surface area contributed by atoms with E-state index in [1.54, 1.807) is 0 Å². The fourth-order valence-electron chi connectivity index (χ4n) is 2.57. The molecule has 3 heteroatoms. The molecule has 0 saturated carbocycles. The SMILES string of the molecule is CC(CC1CCCCN1)Nc1cccc(C#N)c1. The molecule has 96 valence electrons. The molecule has 3 nitrogen and oxygen atoms in total. The van der Waals surface area contributed by atoms with Gasteiger partial charge < -0.3 is 10.6 Å². The van der Waals surface area contributed by atoms with Gasteiger partial charge in [0.1, 0.15) is 0 Å². The van der Waals surface area contributed by atoms with E-state index in [9.17, 15) is 0 Å². The summed E-state index contributed by atoms with van der Waals surface area (Å²) in [7, 11) is 0. The predicted octanol–water partition coefficient (Wildman–Crippen LogP) is 2.89. The lowest BCUT2D eigenvalue weighted by Crippen LogP contribution is -2.37. The Balaban J connectivity index is 1.86. The second-order valence-electron chi connectivity index (χ2n) is 5.12. The van der Waals surface area contributed by atoms with Gasteiger partial charge in [-0.1, -0.05) is 12.5 Å². The standard InChI is InChI=1S/C15H21N3/c1-12(9-14-6-2-3-8-17-14)18-15-7-4-5-13(10-15)11-16/h4-5,7,10,12,14,17-18H,2-3,6,8-9H2,1H3. The summed E-state index contributed by atoms with van der Waals surface area (Å²) in [5.41, 5.74) is 1.75. The number of anilines is 1. The van der Waals surface area contributed by atoms with E-state index in [1.165, 1.54) is 19.3 Å². The van der Waals surface area contributed by atoms with Crippen LogP contribution in [0, 0.1) is 11.3 Å². The molecule has 1 fully saturated rings. The van der Waals surface area contributed by atoms with Crippen molar-refractivity contribution in [3.8, 4) is 6.07 Å². The smallest absolute Gasteiger partial charge is 0.0992 e. The zero-order valence-corrected chi connectivity index (χ0v) is 10.9. The number of nitriles is 1. The van der Waals surface area contributed by atoms with Gasteiger partial charge in [-0.15, -0.1) is 0 Å². The Morgan fingerprint density at radius 1 is 1.50 bits per heavy atom. The molecule has 0 amide bonds. The van der Waals surface area contributed by atoms with Crippen molar-refractivity contribution in [2.24, 2.45) is 0 Å². The molecule has 0 radical (unpaired) electrons. The zero-order chi connectivity index (χ0) is 12.8. The van der Waals surface area contributed by atoms with Gasteiger partial charge in [-0.3, -0.25) is 0 Å². The third kappa shape index (κ3) is 3.75. The van der Waals surface area contributed by atoms with E-state index in [-0.39, 0.29) is 0 Å². The summed E-state index contributed by atoms with van der Waals surface area (Å²) >= 11 is 0. The van der Waals surface area contributed by atoms with E-state index in [1.807, 2.05) is 24.3 Å². The molecule has 1 aliphatic heterocycles. The highest BCUT2D eigenvalue weighted by Gasteiger charge is 2.15. The molecule has 1 aromatic rings. The maximum atomic E-state index is 8.87. The van der Waals surface area contributed by atoms with Crippen LogP contribution >= 0.6 is 0 Å². The van der Waals surface area contributed by atoms with Gasteiger partial charge in [-0.25, -0.2) is 0 Å². The zero-order valence-electron chi connectivity index (χ0n) is 10.9. The summed E-state index contributed by atoms with van der Waals surface area (Å²) in [5.74, 6) is 0. The van der Waals surface area contributed by atoms with Crippen LogP contribution in [0.25, 0.3) is 0 Å². The number of piperidine rings is 1. The Hall–Kier alpha value is -1.53. The second kappa shape index (κ2) is 6.42. The first-order valence-electron chi connectivity index (χ1n) is 6.78. The van der Waals surface area contributed by atoms with E-state index in [2.05, 4.69) is 23.6 Å². The van der Waals surface area contributed by atoms with Crippen LogP contribution in [-0.2, 0) is 0 Å². The summed E-state index contributed by atoms with van der Waals surface area (Å²) in [5, 5.41) is 15.9. The average molecular weight is 243 g/mol. The first kappa shape index (κ1) is 12.9. The molecule has 0 spiro atoms. The maximum absolute atomic E-state index is 8.87. The van der Waals surface area contributed by atoms with Gasteiger partial charge in [0.25, 0.3) is 0 Å². The monoisotopic (exact) mass is 243 g/mol. The minimum atomic E-state index is 0.426. The van der Waals surface area contributed by atoms with Crippen LogP contribution in [0.3, 0.4) is 0 Å². The minimum Gasteiger partial charge on any atom is -0.382 e. The van der Waals surface area contributed by atoms with Gasteiger partial charge >= 0.3 is 0 Å². The number of hydrogen-bond donors (Lipinski definition) is 2. The van der Waals surface area contributed by atoms with Gasteiger partial charge in [-0.05, 0) is 50.9 Å². The molecular formula is C15H21N3. The van der Waals surface area contributed by atoms with E-state index < -0.39 is 0 Å². The third-order valence-electron chi connectivity index (χ3n) is 3.46. The number of nitrogens with one attached hydrogen (secondary N) is 2. The normalized spacial score (nSPS) is 21.0. The molecule has 0 aromatic heterocycles. The summed E-state index contributed by atoms with van der Waals surface area (Å²) in [6, 6.07) is 10.9. The topological polar surface area (TPSA) is 47.8 Å². The number of rotatable bonds is 4. The Labute approximate surface area is 109 Å². The quantitative estimate of drug-likeness (QED) is 0.855. The Bertz CT molecular complexity index is 416. The first-order chi connectivity index (χ1) is 8.78.